The summed E-state index contributed by atoms with van der Waals surface area (Å²) < 4.78 is 63.8. The van der Waals surface area contributed by atoms with Gasteiger partial charge in [-0.3, -0.25) is 5.84 Å². The summed E-state index contributed by atoms with van der Waals surface area (Å²) in [6, 6.07) is 14.2. The summed E-state index contributed by atoms with van der Waals surface area (Å²) in [6.07, 6.45) is -0.417. The zero-order valence-corrected chi connectivity index (χ0v) is 18.4. The van der Waals surface area contributed by atoms with Crippen LogP contribution in [0.5, 0.6) is 5.75 Å². The first kappa shape index (κ1) is 23.6. The number of nitrogens with zero attached hydrogens (tertiary/aromatic N) is 3. The predicted molar refractivity (Wildman–Crippen MR) is 121 cm³/mol. The van der Waals surface area contributed by atoms with Gasteiger partial charge in [-0.05, 0) is 17.7 Å². The number of ether oxygens (including phenoxy) is 1. The van der Waals surface area contributed by atoms with E-state index in [1.165, 1.54) is 29.2 Å². The first-order chi connectivity index (χ1) is 16.2. The fraction of sp³-hybridized carbons (Fsp3) is 0.304. The van der Waals surface area contributed by atoms with E-state index in [0.717, 1.165) is 5.56 Å². The quantitative estimate of drug-likeness (QED) is 0.253. The van der Waals surface area contributed by atoms with Crippen molar-refractivity contribution in [1.29, 1.82) is 0 Å². The number of halogens is 4. The molecule has 0 bridgehead atoms. The molecule has 0 spiro atoms. The van der Waals surface area contributed by atoms with Crippen LogP contribution in [0.2, 0.25) is 0 Å². The van der Waals surface area contributed by atoms with Crippen LogP contribution in [-0.2, 0) is 12.5 Å². The zero-order valence-electron chi connectivity index (χ0n) is 18.4. The third-order valence-electron chi connectivity index (χ3n) is 5.54. The molecule has 1 aromatic heterocycles. The number of hydrogen-bond donors (Lipinski definition) is 3. The summed E-state index contributed by atoms with van der Waals surface area (Å²) in [5.41, 5.74) is 2.95. The lowest BCUT2D eigenvalue weighted by Crippen LogP contribution is -2.30. The van der Waals surface area contributed by atoms with Crippen LogP contribution in [0.3, 0.4) is 0 Å². The minimum atomic E-state index is -3.57. The first-order valence-electron chi connectivity index (χ1n) is 10.6. The summed E-state index contributed by atoms with van der Waals surface area (Å²) in [7, 11) is 1.55. The van der Waals surface area contributed by atoms with Crippen molar-refractivity contribution < 1.29 is 22.3 Å². The van der Waals surface area contributed by atoms with E-state index in [0.29, 0.717) is 5.75 Å². The Labute approximate surface area is 193 Å². The molecular formula is C23H24F4N6O. The van der Waals surface area contributed by atoms with Gasteiger partial charge in [0.25, 0.3) is 5.92 Å². The summed E-state index contributed by atoms with van der Waals surface area (Å²) >= 11 is 0. The topological polar surface area (TPSA) is 88.3 Å². The van der Waals surface area contributed by atoms with Gasteiger partial charge in [-0.15, -0.1) is 0 Å². The Bertz CT molecular complexity index is 1130. The number of alkyl halides is 4. The smallest absolute Gasteiger partial charge is 0.331 e. The lowest BCUT2D eigenvalue weighted by molar-refractivity contribution is 0.0256. The largest absolute Gasteiger partial charge is 0.497 e. The number of aromatic nitrogens is 2. The van der Waals surface area contributed by atoms with Gasteiger partial charge in [-0.2, -0.15) is 8.78 Å². The Balaban J connectivity index is 1.75. The average Bonchev–Trinajstić information content (AvgIpc) is 3.22. The molecule has 34 heavy (non-hydrogen) atoms. The minimum Gasteiger partial charge on any atom is -0.497 e. The van der Waals surface area contributed by atoms with E-state index in [1.807, 2.05) is 0 Å². The molecule has 0 atom stereocenters. The van der Waals surface area contributed by atoms with Crippen LogP contribution in [-0.4, -0.2) is 36.1 Å². The maximum atomic E-state index is 15.4. The van der Waals surface area contributed by atoms with Crippen LogP contribution < -0.4 is 26.2 Å². The second kappa shape index (κ2) is 9.34. The molecule has 0 amide bonds. The molecule has 3 aromatic rings. The van der Waals surface area contributed by atoms with Gasteiger partial charge in [0.15, 0.2) is 11.6 Å². The molecule has 1 saturated heterocycles. The molecule has 0 radical (unpaired) electrons. The van der Waals surface area contributed by atoms with E-state index in [9.17, 15) is 8.78 Å². The molecule has 4 N–H and O–H groups in total. The number of nitrogen functional groups attached to an aromatic ring is 1. The Hall–Kier alpha value is -3.60. The Morgan fingerprint density at radius 3 is 2.38 bits per heavy atom. The Morgan fingerprint density at radius 1 is 1.09 bits per heavy atom. The first-order valence-corrected chi connectivity index (χ1v) is 10.6. The highest BCUT2D eigenvalue weighted by Gasteiger charge is 2.43. The molecule has 11 heteroatoms. The summed E-state index contributed by atoms with van der Waals surface area (Å²) in [5, 5.41) is 2.98. The lowest BCUT2D eigenvalue weighted by atomic mass is 10.1. The van der Waals surface area contributed by atoms with Crippen LogP contribution in [0, 0.1) is 0 Å². The molecule has 1 aliphatic heterocycles. The fourth-order valence-corrected chi connectivity index (χ4v) is 3.70. The lowest BCUT2D eigenvalue weighted by Gasteiger charge is -2.25. The Kier molecular flexibility index (Phi) is 6.47. The SMILES string of the molecule is COc1ccc(CNc2nc(C(F)(F)c3ccccc3)nc(N3CCC(F)(F)C3)c2NN)cc1. The zero-order chi connectivity index (χ0) is 24.3. The summed E-state index contributed by atoms with van der Waals surface area (Å²) in [5.74, 6) is -1.15. The van der Waals surface area contributed by atoms with Crippen molar-refractivity contribution in [3.8, 4) is 5.75 Å². The molecule has 4 rings (SSSR count). The molecule has 180 valence electrons. The van der Waals surface area contributed by atoms with Crippen LogP contribution in [0.4, 0.5) is 34.9 Å². The highest BCUT2D eigenvalue weighted by Crippen LogP contribution is 2.40. The van der Waals surface area contributed by atoms with E-state index in [1.54, 1.807) is 37.4 Å². The molecule has 7 nitrogen and oxygen atoms in total. The number of anilines is 3. The van der Waals surface area contributed by atoms with Crippen LogP contribution in [0.1, 0.15) is 23.4 Å². The fourth-order valence-electron chi connectivity index (χ4n) is 3.70. The van der Waals surface area contributed by atoms with Crippen LogP contribution in [0.15, 0.2) is 54.6 Å². The number of rotatable bonds is 8. The van der Waals surface area contributed by atoms with Crippen molar-refractivity contribution in [2.24, 2.45) is 5.84 Å². The number of hydrazine groups is 1. The van der Waals surface area contributed by atoms with Crippen molar-refractivity contribution in [1.82, 2.24) is 9.97 Å². The number of nitrogens with one attached hydrogen (secondary N) is 2. The van der Waals surface area contributed by atoms with E-state index >= 15 is 8.78 Å². The molecule has 2 heterocycles. The molecule has 2 aromatic carbocycles. The van der Waals surface area contributed by atoms with Gasteiger partial charge in [-0.25, -0.2) is 18.7 Å². The van der Waals surface area contributed by atoms with Gasteiger partial charge in [-0.1, -0.05) is 42.5 Å². The number of nitrogens with two attached hydrogens (primary N) is 1. The monoisotopic (exact) mass is 476 g/mol. The third-order valence-corrected chi connectivity index (χ3v) is 5.54. The molecule has 0 unspecified atom stereocenters. The van der Waals surface area contributed by atoms with Gasteiger partial charge in [0.05, 0.1) is 13.7 Å². The molecule has 0 aliphatic carbocycles. The van der Waals surface area contributed by atoms with Gasteiger partial charge in [0.2, 0.25) is 5.82 Å². The number of hydrogen-bond acceptors (Lipinski definition) is 7. The molecule has 1 fully saturated rings. The number of methoxy groups -OCH3 is 1. The highest BCUT2D eigenvalue weighted by atomic mass is 19.3. The minimum absolute atomic E-state index is 0.0239. The van der Waals surface area contributed by atoms with Crippen molar-refractivity contribution in [3.63, 3.8) is 0 Å². The van der Waals surface area contributed by atoms with Gasteiger partial charge >= 0.3 is 5.92 Å². The second-order valence-corrected chi connectivity index (χ2v) is 7.91. The second-order valence-electron chi connectivity index (χ2n) is 7.91. The summed E-state index contributed by atoms with van der Waals surface area (Å²) in [4.78, 5) is 9.30. The highest BCUT2D eigenvalue weighted by molar-refractivity contribution is 5.78. The standard InChI is InChI=1S/C23H24F4N6O/c1-34-17-9-7-15(8-10-17)13-29-19-18(32-28)20(33-12-11-22(24,25)14-33)31-21(30-19)23(26,27)16-5-3-2-4-6-16/h2-10,32H,11-14,28H2,1H3,(H,29,30,31). The van der Waals surface area contributed by atoms with Crippen LogP contribution in [0.25, 0.3) is 0 Å². The van der Waals surface area contributed by atoms with E-state index in [2.05, 4.69) is 20.7 Å². The average molecular weight is 476 g/mol. The maximum absolute atomic E-state index is 15.4. The van der Waals surface area contributed by atoms with Crippen molar-refractivity contribution in [3.05, 3.63) is 71.5 Å². The summed E-state index contributed by atoms with van der Waals surface area (Å²) in [6.45, 7) is -0.512. The normalized spacial score (nSPS) is 15.3. The van der Waals surface area contributed by atoms with Gasteiger partial charge in [0.1, 0.15) is 11.4 Å². The van der Waals surface area contributed by atoms with Gasteiger partial charge < -0.3 is 20.4 Å². The molecule has 0 saturated carbocycles. The van der Waals surface area contributed by atoms with E-state index in [-0.39, 0.29) is 36.0 Å². The van der Waals surface area contributed by atoms with Crippen molar-refractivity contribution >= 4 is 17.3 Å². The third kappa shape index (κ3) is 4.84. The maximum Gasteiger partial charge on any atom is 0.331 e. The Morgan fingerprint density at radius 2 is 1.79 bits per heavy atom. The van der Waals surface area contributed by atoms with Gasteiger partial charge in [0, 0.05) is 25.1 Å². The van der Waals surface area contributed by atoms with E-state index in [4.69, 9.17) is 10.6 Å². The van der Waals surface area contributed by atoms with Crippen molar-refractivity contribution in [2.75, 3.05) is 35.8 Å². The molecule has 1 aliphatic rings. The van der Waals surface area contributed by atoms with E-state index < -0.39 is 30.6 Å². The van der Waals surface area contributed by atoms with Crippen LogP contribution >= 0.6 is 0 Å². The predicted octanol–water partition coefficient (Wildman–Crippen LogP) is 4.37. The number of benzene rings is 2. The van der Waals surface area contributed by atoms with Crippen molar-refractivity contribution in [2.45, 2.75) is 24.8 Å². The molecular weight excluding hydrogens is 452 g/mol.